The maximum absolute atomic E-state index is 13.0. The summed E-state index contributed by atoms with van der Waals surface area (Å²) in [7, 11) is 0. The number of fused-ring (bicyclic) bond motifs is 1. The van der Waals surface area contributed by atoms with Crippen molar-refractivity contribution in [1.29, 1.82) is 0 Å². The Morgan fingerprint density at radius 3 is 2.59 bits per heavy atom. The first-order valence-corrected chi connectivity index (χ1v) is 9.91. The van der Waals surface area contributed by atoms with E-state index in [1.807, 2.05) is 30.0 Å². The molecule has 1 aromatic heterocycles. The monoisotopic (exact) mass is 369 g/mol. The fourth-order valence-corrected chi connectivity index (χ4v) is 4.14. The third kappa shape index (κ3) is 3.38. The SMILES string of the molecule is CCc1nc2ccccc2c(=O)n1CC1(O)CCN(C(=O)[C@@H]2C[C@H]2C)CC1. The summed E-state index contributed by atoms with van der Waals surface area (Å²) in [6, 6.07) is 7.33. The lowest BCUT2D eigenvalue weighted by Crippen LogP contribution is -2.50. The Morgan fingerprint density at radius 2 is 1.96 bits per heavy atom. The third-order valence-corrected chi connectivity index (χ3v) is 6.14. The molecule has 1 N–H and O–H groups in total. The topological polar surface area (TPSA) is 75.4 Å². The maximum Gasteiger partial charge on any atom is 0.261 e. The third-order valence-electron chi connectivity index (χ3n) is 6.14. The second-order valence-electron chi connectivity index (χ2n) is 8.16. The molecule has 2 atom stereocenters. The van der Waals surface area contributed by atoms with Crippen LogP contribution >= 0.6 is 0 Å². The highest BCUT2D eigenvalue weighted by Gasteiger charge is 2.43. The molecule has 144 valence electrons. The fourth-order valence-electron chi connectivity index (χ4n) is 4.14. The molecule has 4 rings (SSSR count). The van der Waals surface area contributed by atoms with Crippen molar-refractivity contribution >= 4 is 16.8 Å². The molecule has 1 saturated heterocycles. The number of carbonyl (C=O) groups excluding carboxylic acids is 1. The Labute approximate surface area is 158 Å². The number of aliphatic hydroxyl groups is 1. The summed E-state index contributed by atoms with van der Waals surface area (Å²) in [5.41, 5.74) is -0.387. The van der Waals surface area contributed by atoms with Crippen molar-refractivity contribution in [3.8, 4) is 0 Å². The van der Waals surface area contributed by atoms with Crippen molar-refractivity contribution in [2.24, 2.45) is 11.8 Å². The Morgan fingerprint density at radius 1 is 1.30 bits per heavy atom. The molecule has 1 aliphatic carbocycles. The van der Waals surface area contributed by atoms with Crippen LogP contribution in [0.25, 0.3) is 10.9 Å². The minimum absolute atomic E-state index is 0.101. The standard InChI is InChI=1S/C21H27N3O3/c1-3-18-22-17-7-5-4-6-15(17)20(26)24(18)13-21(27)8-10-23(11-9-21)19(25)16-12-14(16)2/h4-7,14,16,27H,3,8-13H2,1-2H3/t14-,16-/m1/s1. The Hall–Kier alpha value is -2.21. The number of piperidine rings is 1. The lowest BCUT2D eigenvalue weighted by atomic mass is 9.90. The molecule has 2 heterocycles. The Bertz CT molecular complexity index is 928. The number of nitrogens with zero attached hydrogens (tertiary/aromatic N) is 3. The van der Waals surface area contributed by atoms with Gasteiger partial charge < -0.3 is 10.0 Å². The van der Waals surface area contributed by atoms with Gasteiger partial charge in [-0.3, -0.25) is 14.2 Å². The molecule has 2 fully saturated rings. The van der Waals surface area contributed by atoms with E-state index in [2.05, 4.69) is 11.9 Å². The van der Waals surface area contributed by atoms with E-state index in [0.29, 0.717) is 55.0 Å². The van der Waals surface area contributed by atoms with Gasteiger partial charge in [-0.1, -0.05) is 26.0 Å². The predicted molar refractivity (Wildman–Crippen MR) is 103 cm³/mol. The highest BCUT2D eigenvalue weighted by atomic mass is 16.3. The van der Waals surface area contributed by atoms with Crippen molar-refractivity contribution in [3.63, 3.8) is 0 Å². The van der Waals surface area contributed by atoms with Gasteiger partial charge in [-0.2, -0.15) is 0 Å². The van der Waals surface area contributed by atoms with Gasteiger partial charge in [0, 0.05) is 25.4 Å². The number of aryl methyl sites for hydroxylation is 1. The van der Waals surface area contributed by atoms with E-state index < -0.39 is 5.60 Å². The number of rotatable bonds is 4. The molecule has 0 unspecified atom stereocenters. The highest BCUT2D eigenvalue weighted by molar-refractivity contribution is 5.81. The second-order valence-corrected chi connectivity index (χ2v) is 8.16. The number of aromatic nitrogens is 2. The second kappa shape index (κ2) is 6.75. The molecule has 2 aliphatic rings. The van der Waals surface area contributed by atoms with Crippen LogP contribution in [0.15, 0.2) is 29.1 Å². The molecule has 1 amide bonds. The molecule has 6 heteroatoms. The molecule has 6 nitrogen and oxygen atoms in total. The van der Waals surface area contributed by atoms with Gasteiger partial charge in [-0.15, -0.1) is 0 Å². The summed E-state index contributed by atoms with van der Waals surface area (Å²) >= 11 is 0. The number of amides is 1. The number of para-hydroxylation sites is 1. The lowest BCUT2D eigenvalue weighted by molar-refractivity contribution is -0.137. The molecule has 27 heavy (non-hydrogen) atoms. The van der Waals surface area contributed by atoms with Gasteiger partial charge in [0.2, 0.25) is 5.91 Å². The summed E-state index contributed by atoms with van der Waals surface area (Å²) in [5.74, 6) is 1.59. The zero-order valence-electron chi connectivity index (χ0n) is 16.0. The Kier molecular flexibility index (Phi) is 4.54. The zero-order chi connectivity index (χ0) is 19.2. The van der Waals surface area contributed by atoms with Gasteiger partial charge in [0.05, 0.1) is 23.0 Å². The van der Waals surface area contributed by atoms with Gasteiger partial charge in [0.15, 0.2) is 0 Å². The van der Waals surface area contributed by atoms with Gasteiger partial charge in [0.25, 0.3) is 5.56 Å². The van der Waals surface area contributed by atoms with Crippen LogP contribution in [-0.2, 0) is 17.8 Å². The van der Waals surface area contributed by atoms with E-state index in [9.17, 15) is 14.7 Å². The summed E-state index contributed by atoms with van der Waals surface area (Å²) in [4.78, 5) is 31.9. The van der Waals surface area contributed by atoms with Crippen LogP contribution in [0.1, 0.15) is 38.9 Å². The minimum Gasteiger partial charge on any atom is -0.388 e. The number of hydrogen-bond donors (Lipinski definition) is 1. The van der Waals surface area contributed by atoms with E-state index in [-0.39, 0.29) is 23.9 Å². The first kappa shape index (κ1) is 18.2. The number of benzene rings is 1. The first-order chi connectivity index (χ1) is 12.9. The van der Waals surface area contributed by atoms with Crippen LogP contribution < -0.4 is 5.56 Å². The summed E-state index contributed by atoms with van der Waals surface area (Å²) < 4.78 is 1.63. The summed E-state index contributed by atoms with van der Waals surface area (Å²) in [6.07, 6.45) is 2.59. The van der Waals surface area contributed by atoms with Crippen LogP contribution in [-0.4, -0.2) is 44.2 Å². The van der Waals surface area contributed by atoms with E-state index >= 15 is 0 Å². The van der Waals surface area contributed by atoms with Crippen molar-refractivity contribution in [3.05, 3.63) is 40.4 Å². The van der Waals surface area contributed by atoms with Crippen molar-refractivity contribution in [2.45, 2.75) is 51.7 Å². The molecule has 1 aromatic carbocycles. The lowest BCUT2D eigenvalue weighted by Gasteiger charge is -2.39. The van der Waals surface area contributed by atoms with E-state index in [1.165, 1.54) is 0 Å². The van der Waals surface area contributed by atoms with E-state index in [0.717, 1.165) is 6.42 Å². The van der Waals surface area contributed by atoms with Crippen LogP contribution in [0.3, 0.4) is 0 Å². The molecule has 1 saturated carbocycles. The van der Waals surface area contributed by atoms with Gasteiger partial charge in [-0.25, -0.2) is 4.98 Å². The van der Waals surface area contributed by atoms with Crippen LogP contribution in [0.5, 0.6) is 0 Å². The number of likely N-dealkylation sites (tertiary alicyclic amines) is 1. The van der Waals surface area contributed by atoms with Crippen molar-refractivity contribution in [2.75, 3.05) is 13.1 Å². The zero-order valence-corrected chi connectivity index (χ0v) is 16.0. The average Bonchev–Trinajstić information content (AvgIpc) is 3.40. The van der Waals surface area contributed by atoms with Crippen molar-refractivity contribution < 1.29 is 9.90 Å². The van der Waals surface area contributed by atoms with Gasteiger partial charge in [-0.05, 0) is 37.3 Å². The fraction of sp³-hybridized carbons (Fsp3) is 0.571. The van der Waals surface area contributed by atoms with Gasteiger partial charge >= 0.3 is 0 Å². The summed E-state index contributed by atoms with van der Waals surface area (Å²) in [6.45, 7) is 5.41. The van der Waals surface area contributed by atoms with Crippen LogP contribution in [0.4, 0.5) is 0 Å². The molecule has 0 bridgehead atoms. The largest absolute Gasteiger partial charge is 0.388 e. The maximum atomic E-state index is 13.0. The number of hydrogen-bond acceptors (Lipinski definition) is 4. The smallest absolute Gasteiger partial charge is 0.261 e. The van der Waals surface area contributed by atoms with Crippen molar-refractivity contribution in [1.82, 2.24) is 14.5 Å². The summed E-state index contributed by atoms with van der Waals surface area (Å²) in [5, 5.41) is 11.7. The number of carbonyl (C=O) groups is 1. The molecule has 2 aromatic rings. The molecular weight excluding hydrogens is 342 g/mol. The van der Waals surface area contributed by atoms with Gasteiger partial charge in [0.1, 0.15) is 5.82 Å². The molecule has 0 spiro atoms. The Balaban J connectivity index is 1.54. The molecule has 0 radical (unpaired) electrons. The van der Waals surface area contributed by atoms with Crippen LogP contribution in [0, 0.1) is 11.8 Å². The normalized spacial score (nSPS) is 24.2. The predicted octanol–water partition coefficient (Wildman–Crippen LogP) is 1.97. The quantitative estimate of drug-likeness (QED) is 0.894. The minimum atomic E-state index is -0.982. The van der Waals surface area contributed by atoms with Crippen LogP contribution in [0.2, 0.25) is 0 Å². The first-order valence-electron chi connectivity index (χ1n) is 9.91. The molecular formula is C21H27N3O3. The van der Waals surface area contributed by atoms with E-state index in [4.69, 9.17) is 0 Å². The highest BCUT2D eigenvalue weighted by Crippen LogP contribution is 2.40. The molecule has 1 aliphatic heterocycles. The average molecular weight is 369 g/mol. The van der Waals surface area contributed by atoms with E-state index in [1.54, 1.807) is 10.6 Å².